The van der Waals surface area contributed by atoms with Gasteiger partial charge >= 0.3 is 0 Å². The molecule has 0 amide bonds. The van der Waals surface area contributed by atoms with Crippen LogP contribution < -0.4 is 0 Å². The second-order valence-electron chi connectivity index (χ2n) is 7.05. The zero-order chi connectivity index (χ0) is 13.5. The predicted molar refractivity (Wildman–Crippen MR) is 81.5 cm³/mol. The minimum Gasteiger partial charge on any atom is -0.467 e. The van der Waals surface area contributed by atoms with Gasteiger partial charge in [-0.25, -0.2) is 4.99 Å². The standard InChI is InChI=1S/C18H25NO/c1-12-11-19-18(20-12)17-8-4-7-15-14-6-3-2-5-13(14)9-10-16(15)17/h10-11,13-15,17-18H,1-9H2. The van der Waals surface area contributed by atoms with Gasteiger partial charge in [0.1, 0.15) is 5.76 Å². The molecule has 2 fully saturated rings. The second-order valence-corrected chi connectivity index (χ2v) is 7.05. The summed E-state index contributed by atoms with van der Waals surface area (Å²) in [5, 5.41) is 0. The quantitative estimate of drug-likeness (QED) is 0.644. The van der Waals surface area contributed by atoms with Gasteiger partial charge in [-0.3, -0.25) is 0 Å². The van der Waals surface area contributed by atoms with Crippen molar-refractivity contribution in [3.63, 3.8) is 0 Å². The SMILES string of the molecule is C=C1C=NC(C2CCCC3C2=CCC2CCCCC23)O1. The molecule has 0 radical (unpaired) electrons. The topological polar surface area (TPSA) is 21.6 Å². The van der Waals surface area contributed by atoms with Crippen LogP contribution in [0.25, 0.3) is 0 Å². The van der Waals surface area contributed by atoms with Crippen LogP contribution >= 0.6 is 0 Å². The third-order valence-corrected chi connectivity index (χ3v) is 6.01. The zero-order valence-corrected chi connectivity index (χ0v) is 12.3. The monoisotopic (exact) mass is 271 g/mol. The van der Waals surface area contributed by atoms with Crippen molar-refractivity contribution >= 4 is 6.21 Å². The van der Waals surface area contributed by atoms with E-state index in [1.807, 2.05) is 0 Å². The van der Waals surface area contributed by atoms with E-state index < -0.39 is 0 Å². The van der Waals surface area contributed by atoms with Gasteiger partial charge in [0.2, 0.25) is 0 Å². The van der Waals surface area contributed by atoms with Crippen molar-refractivity contribution in [2.45, 2.75) is 57.6 Å². The third kappa shape index (κ3) is 2.04. The van der Waals surface area contributed by atoms with Crippen LogP contribution in [0, 0.1) is 23.7 Å². The Morgan fingerprint density at radius 3 is 2.75 bits per heavy atom. The Labute approximate surface area is 122 Å². The van der Waals surface area contributed by atoms with Crippen molar-refractivity contribution in [1.82, 2.24) is 0 Å². The minimum absolute atomic E-state index is 0.0247. The molecule has 20 heavy (non-hydrogen) atoms. The highest BCUT2D eigenvalue weighted by molar-refractivity contribution is 5.76. The Hall–Kier alpha value is -1.05. The Morgan fingerprint density at radius 2 is 1.90 bits per heavy atom. The number of fused-ring (bicyclic) bond motifs is 3. The molecule has 108 valence electrons. The molecule has 0 N–H and O–H groups in total. The van der Waals surface area contributed by atoms with E-state index in [0.717, 1.165) is 23.5 Å². The molecule has 5 unspecified atom stereocenters. The van der Waals surface area contributed by atoms with Crippen LogP contribution in [0.2, 0.25) is 0 Å². The highest BCUT2D eigenvalue weighted by Gasteiger charge is 2.43. The minimum atomic E-state index is 0.0247. The highest BCUT2D eigenvalue weighted by atomic mass is 16.5. The van der Waals surface area contributed by atoms with E-state index in [2.05, 4.69) is 17.6 Å². The first kappa shape index (κ1) is 12.7. The summed E-state index contributed by atoms with van der Waals surface area (Å²) in [6, 6.07) is 0. The van der Waals surface area contributed by atoms with Crippen LogP contribution in [-0.2, 0) is 4.74 Å². The van der Waals surface area contributed by atoms with Gasteiger partial charge in [-0.05, 0) is 49.9 Å². The summed E-state index contributed by atoms with van der Waals surface area (Å²) >= 11 is 0. The number of allylic oxidation sites excluding steroid dienone is 2. The zero-order valence-electron chi connectivity index (χ0n) is 12.3. The Bertz CT molecular complexity index is 464. The molecule has 0 aromatic heterocycles. The molecule has 0 saturated heterocycles. The van der Waals surface area contributed by atoms with E-state index in [0.29, 0.717) is 5.92 Å². The van der Waals surface area contributed by atoms with E-state index in [1.165, 1.54) is 51.4 Å². The van der Waals surface area contributed by atoms with Gasteiger partial charge in [-0.2, -0.15) is 0 Å². The van der Waals surface area contributed by atoms with Crippen molar-refractivity contribution in [3.8, 4) is 0 Å². The van der Waals surface area contributed by atoms with Gasteiger partial charge in [-0.15, -0.1) is 0 Å². The molecule has 2 heteroatoms. The molecular weight excluding hydrogens is 246 g/mol. The number of hydrogen-bond acceptors (Lipinski definition) is 2. The van der Waals surface area contributed by atoms with Crippen LogP contribution in [0.3, 0.4) is 0 Å². The van der Waals surface area contributed by atoms with E-state index in [9.17, 15) is 0 Å². The van der Waals surface area contributed by atoms with E-state index in [4.69, 9.17) is 4.74 Å². The second kappa shape index (κ2) is 5.05. The van der Waals surface area contributed by atoms with Crippen molar-refractivity contribution in [2.24, 2.45) is 28.7 Å². The molecule has 2 saturated carbocycles. The van der Waals surface area contributed by atoms with Crippen molar-refractivity contribution < 1.29 is 4.74 Å². The molecule has 5 atom stereocenters. The summed E-state index contributed by atoms with van der Waals surface area (Å²) in [5.74, 6) is 4.02. The predicted octanol–water partition coefficient (Wildman–Crippen LogP) is 4.48. The molecule has 2 nitrogen and oxygen atoms in total. The summed E-state index contributed by atoms with van der Waals surface area (Å²) < 4.78 is 5.83. The first-order valence-corrected chi connectivity index (χ1v) is 8.41. The molecule has 4 aliphatic rings. The summed E-state index contributed by atoms with van der Waals surface area (Å²) in [4.78, 5) is 4.55. The number of ether oxygens (including phenoxy) is 1. The molecule has 1 aliphatic heterocycles. The first-order chi connectivity index (χ1) is 9.83. The largest absolute Gasteiger partial charge is 0.467 e. The average Bonchev–Trinajstić information content (AvgIpc) is 2.93. The van der Waals surface area contributed by atoms with E-state index >= 15 is 0 Å². The number of aliphatic imine (C=N–C) groups is 1. The fourth-order valence-corrected chi connectivity index (χ4v) is 5.14. The van der Waals surface area contributed by atoms with E-state index in [-0.39, 0.29) is 6.23 Å². The maximum Gasteiger partial charge on any atom is 0.196 e. The average molecular weight is 271 g/mol. The van der Waals surface area contributed by atoms with Crippen molar-refractivity contribution in [3.05, 3.63) is 24.0 Å². The smallest absolute Gasteiger partial charge is 0.196 e. The van der Waals surface area contributed by atoms with Crippen molar-refractivity contribution in [2.75, 3.05) is 0 Å². The third-order valence-electron chi connectivity index (χ3n) is 6.01. The molecule has 0 bridgehead atoms. The molecule has 0 spiro atoms. The summed E-state index contributed by atoms with van der Waals surface area (Å²) in [7, 11) is 0. The van der Waals surface area contributed by atoms with E-state index in [1.54, 1.807) is 11.8 Å². The lowest BCUT2D eigenvalue weighted by molar-refractivity contribution is 0.0689. The summed E-state index contributed by atoms with van der Waals surface area (Å²) in [5.41, 5.74) is 1.69. The highest BCUT2D eigenvalue weighted by Crippen LogP contribution is 2.51. The van der Waals surface area contributed by atoms with Gasteiger partial charge in [0.05, 0.1) is 6.21 Å². The van der Waals surface area contributed by atoms with Crippen LogP contribution in [0.5, 0.6) is 0 Å². The lowest BCUT2D eigenvalue weighted by Crippen LogP contribution is -2.38. The fourth-order valence-electron chi connectivity index (χ4n) is 5.14. The maximum atomic E-state index is 5.83. The number of rotatable bonds is 1. The molecule has 3 aliphatic carbocycles. The molecule has 0 aromatic carbocycles. The van der Waals surface area contributed by atoms with Gasteiger partial charge in [0.25, 0.3) is 0 Å². The molecular formula is C18H25NO. The van der Waals surface area contributed by atoms with Crippen molar-refractivity contribution in [1.29, 1.82) is 0 Å². The fraction of sp³-hybridized carbons (Fsp3) is 0.722. The summed E-state index contributed by atoms with van der Waals surface area (Å²) in [6.07, 6.45) is 15.5. The van der Waals surface area contributed by atoms with Crippen LogP contribution in [0.1, 0.15) is 51.4 Å². The normalized spacial score (nSPS) is 43.5. The Morgan fingerprint density at radius 1 is 1.05 bits per heavy atom. The van der Waals surface area contributed by atoms with Gasteiger partial charge in [-0.1, -0.05) is 37.5 Å². The number of nitrogens with zero attached hydrogens (tertiary/aromatic N) is 1. The van der Waals surface area contributed by atoms with Crippen LogP contribution in [-0.4, -0.2) is 12.4 Å². The molecule has 0 aromatic rings. The number of hydrogen-bond donors (Lipinski definition) is 0. The lowest BCUT2D eigenvalue weighted by atomic mass is 9.59. The Balaban J connectivity index is 1.59. The Kier molecular flexibility index (Phi) is 3.20. The lowest BCUT2D eigenvalue weighted by Gasteiger charge is -2.46. The van der Waals surface area contributed by atoms with Gasteiger partial charge in [0.15, 0.2) is 6.23 Å². The maximum absolute atomic E-state index is 5.83. The molecule has 1 heterocycles. The van der Waals surface area contributed by atoms with Crippen LogP contribution in [0.4, 0.5) is 0 Å². The summed E-state index contributed by atoms with van der Waals surface area (Å²) in [6.45, 7) is 3.88. The molecule has 4 rings (SSSR count). The van der Waals surface area contributed by atoms with Gasteiger partial charge < -0.3 is 4.74 Å². The van der Waals surface area contributed by atoms with Crippen LogP contribution in [0.15, 0.2) is 29.0 Å². The van der Waals surface area contributed by atoms with Gasteiger partial charge in [0, 0.05) is 5.92 Å². The first-order valence-electron chi connectivity index (χ1n) is 8.41.